The molecule has 228 valence electrons. The maximum Gasteiger partial charge on any atom is 0.165 e. The smallest absolute Gasteiger partial charge is 0.165 e. The molecule has 41 heavy (non-hydrogen) atoms. The fraction of sp³-hybridized carbons (Fsp3) is 0.833. The van der Waals surface area contributed by atoms with Gasteiger partial charge in [-0.05, 0) is 87.8 Å². The van der Waals surface area contributed by atoms with Crippen LogP contribution in [-0.4, -0.2) is 60.2 Å². The van der Waals surface area contributed by atoms with Crippen LogP contribution < -0.4 is 9.47 Å². The fourth-order valence-electron chi connectivity index (χ4n) is 10.6. The van der Waals surface area contributed by atoms with Gasteiger partial charge in [-0.1, -0.05) is 59.4 Å². The van der Waals surface area contributed by atoms with Crippen molar-refractivity contribution in [3.05, 3.63) is 23.3 Å². The van der Waals surface area contributed by atoms with Gasteiger partial charge in [0, 0.05) is 42.0 Å². The summed E-state index contributed by atoms with van der Waals surface area (Å²) in [6.45, 7) is 14.1. The van der Waals surface area contributed by atoms with Crippen molar-refractivity contribution in [3.63, 3.8) is 0 Å². The van der Waals surface area contributed by atoms with E-state index in [1.165, 1.54) is 56.2 Å². The summed E-state index contributed by atoms with van der Waals surface area (Å²) >= 11 is 0. The number of benzene rings is 1. The maximum atomic E-state index is 12.4. The molecule has 1 aromatic carbocycles. The number of aliphatic hydroxyl groups is 1. The van der Waals surface area contributed by atoms with Crippen LogP contribution in [0.2, 0.25) is 0 Å². The summed E-state index contributed by atoms with van der Waals surface area (Å²) in [7, 11) is 1.89. The quantitative estimate of drug-likeness (QED) is 0.291. The van der Waals surface area contributed by atoms with Crippen LogP contribution in [0.5, 0.6) is 11.5 Å². The lowest BCUT2D eigenvalue weighted by Gasteiger charge is -2.75. The highest BCUT2D eigenvalue weighted by molar-refractivity contribution is 5.63. The standard InChI is InChI=1S/C36H55NO4/c1-7-8-9-10-11-20-40-26-15-14-25-21-28-34-16-17-36(39-6,27(22-34)33(5,38)32(2,3)4)31-35(34,29(25)30(26)41-31)18-19-37(28)23-24-12-13-24/h14-15,24,27-28,31,38H,7-13,16-23H2,1-6H3/t27-,28-,31-,33+,34+,35+,36?/m1/s1. The molecule has 8 rings (SSSR count). The summed E-state index contributed by atoms with van der Waals surface area (Å²) in [5, 5.41) is 12.4. The molecule has 5 fully saturated rings. The molecule has 5 aliphatic carbocycles. The van der Waals surface area contributed by atoms with Crippen molar-refractivity contribution in [2.75, 3.05) is 26.8 Å². The van der Waals surface area contributed by atoms with Crippen molar-refractivity contribution < 1.29 is 19.3 Å². The lowest BCUT2D eigenvalue weighted by molar-refractivity contribution is -0.312. The first kappa shape index (κ1) is 28.5. The number of methoxy groups -OCH3 is 1. The molecule has 5 heteroatoms. The van der Waals surface area contributed by atoms with Crippen LogP contribution in [-0.2, 0) is 16.6 Å². The van der Waals surface area contributed by atoms with Gasteiger partial charge in [0.15, 0.2) is 11.5 Å². The molecule has 0 radical (unpaired) electrons. The molecule has 1 N–H and O–H groups in total. The fourth-order valence-corrected chi connectivity index (χ4v) is 10.6. The molecule has 7 atom stereocenters. The lowest BCUT2D eigenvalue weighted by Crippen LogP contribution is -2.83. The van der Waals surface area contributed by atoms with Gasteiger partial charge in [0.1, 0.15) is 11.7 Å². The summed E-state index contributed by atoms with van der Waals surface area (Å²) in [6.07, 6.45) is 14.2. The molecule has 7 aliphatic rings. The zero-order valence-corrected chi connectivity index (χ0v) is 26.7. The van der Waals surface area contributed by atoms with Crippen LogP contribution >= 0.6 is 0 Å². The van der Waals surface area contributed by atoms with Gasteiger partial charge in [0.25, 0.3) is 0 Å². The van der Waals surface area contributed by atoms with E-state index in [0.29, 0.717) is 6.04 Å². The summed E-state index contributed by atoms with van der Waals surface area (Å²) in [5.41, 5.74) is 1.28. The van der Waals surface area contributed by atoms with Crippen molar-refractivity contribution in [2.45, 2.75) is 140 Å². The zero-order chi connectivity index (χ0) is 28.8. The molecular weight excluding hydrogens is 510 g/mol. The Labute approximate surface area is 248 Å². The minimum atomic E-state index is -0.885. The molecule has 0 aromatic heterocycles. The minimum absolute atomic E-state index is 0.00838. The van der Waals surface area contributed by atoms with Gasteiger partial charge in [0.05, 0.1) is 12.2 Å². The third-order valence-electron chi connectivity index (χ3n) is 13.3. The van der Waals surface area contributed by atoms with Crippen LogP contribution in [0, 0.1) is 22.7 Å². The highest BCUT2D eigenvalue weighted by Gasteiger charge is 2.82. The monoisotopic (exact) mass is 565 g/mol. The maximum absolute atomic E-state index is 12.4. The van der Waals surface area contributed by atoms with Crippen molar-refractivity contribution in [1.29, 1.82) is 0 Å². The number of fused-ring (bicyclic) bond motifs is 2. The van der Waals surface area contributed by atoms with Crippen LogP contribution in [0.25, 0.3) is 0 Å². The zero-order valence-electron chi connectivity index (χ0n) is 26.7. The second-order valence-electron chi connectivity index (χ2n) is 16.0. The highest BCUT2D eigenvalue weighted by atomic mass is 16.6. The van der Waals surface area contributed by atoms with E-state index < -0.39 is 11.2 Å². The molecule has 4 saturated carbocycles. The SMILES string of the molecule is CCCCCCCOc1ccc2c3c1O[C@H]1C4(OC)CC[C@]5(C[C@@H]4[C@](C)(O)C(C)(C)C)[C@@H](C2)N(CC2CC2)CC[C@]315. The molecule has 2 aliphatic heterocycles. The molecule has 4 bridgehead atoms. The number of piperidine rings is 1. The molecule has 0 amide bonds. The number of nitrogens with zero attached hydrogens (tertiary/aromatic N) is 1. The number of likely N-dealkylation sites (tertiary alicyclic amines) is 1. The number of hydrogen-bond acceptors (Lipinski definition) is 5. The normalized spacial score (nSPS) is 38.4. The van der Waals surface area contributed by atoms with E-state index in [4.69, 9.17) is 14.2 Å². The molecule has 2 heterocycles. The van der Waals surface area contributed by atoms with Gasteiger partial charge >= 0.3 is 0 Å². The van der Waals surface area contributed by atoms with Crippen molar-refractivity contribution in [1.82, 2.24) is 4.90 Å². The number of unbranched alkanes of at least 4 members (excludes halogenated alkanes) is 4. The van der Waals surface area contributed by atoms with Crippen molar-refractivity contribution in [2.24, 2.45) is 22.7 Å². The summed E-state index contributed by atoms with van der Waals surface area (Å²) < 4.78 is 20.6. The molecule has 1 aromatic rings. The number of hydrogen-bond donors (Lipinski definition) is 1. The molecule has 5 nitrogen and oxygen atoms in total. The summed E-state index contributed by atoms with van der Waals surface area (Å²) in [5.74, 6) is 2.83. The van der Waals surface area contributed by atoms with E-state index in [9.17, 15) is 5.11 Å². The van der Waals surface area contributed by atoms with Gasteiger partial charge in [-0.25, -0.2) is 0 Å². The topological polar surface area (TPSA) is 51.2 Å². The Hall–Kier alpha value is -1.30. The van der Waals surface area contributed by atoms with Crippen LogP contribution in [0.4, 0.5) is 0 Å². The second-order valence-corrected chi connectivity index (χ2v) is 16.0. The predicted octanol–water partition coefficient (Wildman–Crippen LogP) is 7.06. The van der Waals surface area contributed by atoms with Crippen molar-refractivity contribution >= 4 is 0 Å². The largest absolute Gasteiger partial charge is 0.490 e. The molecule has 2 spiro atoms. The first-order chi connectivity index (χ1) is 19.6. The first-order valence-corrected chi connectivity index (χ1v) is 17.0. The van der Waals surface area contributed by atoms with E-state index in [-0.39, 0.29) is 28.3 Å². The van der Waals surface area contributed by atoms with Crippen LogP contribution in [0.15, 0.2) is 12.1 Å². The van der Waals surface area contributed by atoms with E-state index in [1.54, 1.807) is 0 Å². The Morgan fingerprint density at radius 1 is 1.05 bits per heavy atom. The summed E-state index contributed by atoms with van der Waals surface area (Å²) in [6, 6.07) is 5.08. The van der Waals surface area contributed by atoms with Gasteiger partial charge in [-0.2, -0.15) is 0 Å². The average Bonchev–Trinajstić information content (AvgIpc) is 3.68. The van der Waals surface area contributed by atoms with E-state index in [0.717, 1.165) is 69.1 Å². The third kappa shape index (κ3) is 3.76. The second kappa shape index (κ2) is 9.60. The van der Waals surface area contributed by atoms with Gasteiger partial charge < -0.3 is 19.3 Å². The molecular formula is C36H55NO4. The van der Waals surface area contributed by atoms with E-state index >= 15 is 0 Å². The Kier molecular flexibility index (Phi) is 6.66. The Morgan fingerprint density at radius 2 is 1.83 bits per heavy atom. The Morgan fingerprint density at radius 3 is 2.54 bits per heavy atom. The van der Waals surface area contributed by atoms with Crippen LogP contribution in [0.1, 0.15) is 116 Å². The highest BCUT2D eigenvalue weighted by Crippen LogP contribution is 2.78. The minimum Gasteiger partial charge on any atom is -0.490 e. The van der Waals surface area contributed by atoms with Gasteiger partial charge in [0.2, 0.25) is 0 Å². The number of rotatable bonds is 11. The molecule has 1 saturated heterocycles. The van der Waals surface area contributed by atoms with Gasteiger partial charge in [-0.3, -0.25) is 4.90 Å². The summed E-state index contributed by atoms with van der Waals surface area (Å²) in [4.78, 5) is 2.88. The Balaban J connectivity index is 1.33. The predicted molar refractivity (Wildman–Crippen MR) is 163 cm³/mol. The Bertz CT molecular complexity index is 1170. The third-order valence-corrected chi connectivity index (χ3v) is 13.3. The molecule has 1 unspecified atom stereocenters. The van der Waals surface area contributed by atoms with E-state index in [1.807, 2.05) is 7.11 Å². The first-order valence-electron chi connectivity index (χ1n) is 17.0. The van der Waals surface area contributed by atoms with E-state index in [2.05, 4.69) is 51.7 Å². The van der Waals surface area contributed by atoms with Gasteiger partial charge in [-0.15, -0.1) is 0 Å². The average molecular weight is 566 g/mol. The van der Waals surface area contributed by atoms with Crippen LogP contribution in [0.3, 0.4) is 0 Å². The van der Waals surface area contributed by atoms with Crippen molar-refractivity contribution in [3.8, 4) is 11.5 Å². The number of ether oxygens (including phenoxy) is 3. The lowest BCUT2D eigenvalue weighted by atomic mass is 9.33.